The number of carbonyl (C=O) groups is 2. The van der Waals surface area contributed by atoms with Gasteiger partial charge < -0.3 is 10.4 Å². The van der Waals surface area contributed by atoms with E-state index in [1.165, 1.54) is 0 Å². The predicted molar refractivity (Wildman–Crippen MR) is 85.4 cm³/mol. The highest BCUT2D eigenvalue weighted by Crippen LogP contribution is 2.41. The molecule has 0 radical (unpaired) electrons. The van der Waals surface area contributed by atoms with Gasteiger partial charge in [0.1, 0.15) is 0 Å². The number of thioether (sulfide) groups is 1. The Balaban J connectivity index is 1.85. The van der Waals surface area contributed by atoms with Crippen LogP contribution in [0.3, 0.4) is 0 Å². The number of rotatable bonds is 7. The summed E-state index contributed by atoms with van der Waals surface area (Å²) >= 11 is 1.59. The third-order valence-electron chi connectivity index (χ3n) is 3.92. The van der Waals surface area contributed by atoms with Crippen LogP contribution in [-0.4, -0.2) is 22.7 Å². The van der Waals surface area contributed by atoms with Crippen LogP contribution in [0.15, 0.2) is 24.3 Å². The minimum atomic E-state index is -0.766. The van der Waals surface area contributed by atoms with E-state index in [1.807, 2.05) is 31.2 Å². The Kier molecular flexibility index (Phi) is 5.28. The van der Waals surface area contributed by atoms with Crippen LogP contribution in [0.2, 0.25) is 0 Å². The summed E-state index contributed by atoms with van der Waals surface area (Å²) < 4.78 is 0. The lowest BCUT2D eigenvalue weighted by molar-refractivity contribution is -0.136. The highest BCUT2D eigenvalue weighted by molar-refractivity contribution is 7.98. The summed E-state index contributed by atoms with van der Waals surface area (Å²) in [5.74, 6) is 0.694. The minimum absolute atomic E-state index is 0.101. The van der Waals surface area contributed by atoms with E-state index in [4.69, 9.17) is 5.11 Å². The van der Waals surface area contributed by atoms with Crippen molar-refractivity contribution >= 4 is 29.3 Å². The number of anilines is 1. The Hall–Kier alpha value is -1.49. The fourth-order valence-corrected chi connectivity index (χ4v) is 3.18. The van der Waals surface area contributed by atoms with E-state index in [1.54, 1.807) is 11.8 Å². The van der Waals surface area contributed by atoms with Crippen LogP contribution in [0.5, 0.6) is 0 Å². The van der Waals surface area contributed by atoms with Crippen LogP contribution in [0.4, 0.5) is 5.69 Å². The maximum atomic E-state index is 12.2. The molecule has 0 spiro atoms. The molecule has 1 aromatic rings. The van der Waals surface area contributed by atoms with Gasteiger partial charge in [0.15, 0.2) is 0 Å². The van der Waals surface area contributed by atoms with Crippen molar-refractivity contribution in [2.75, 3.05) is 11.1 Å². The van der Waals surface area contributed by atoms with Crippen molar-refractivity contribution in [3.63, 3.8) is 0 Å². The van der Waals surface area contributed by atoms with E-state index >= 15 is 0 Å². The Morgan fingerprint density at radius 3 is 2.76 bits per heavy atom. The van der Waals surface area contributed by atoms with Gasteiger partial charge in [0.05, 0.1) is 6.42 Å². The average Bonchev–Trinajstić information content (AvgIpc) is 2.41. The lowest BCUT2D eigenvalue weighted by Gasteiger charge is -2.36. The molecule has 0 heterocycles. The smallest absolute Gasteiger partial charge is 0.304 e. The first kappa shape index (κ1) is 15.9. The highest BCUT2D eigenvalue weighted by atomic mass is 32.2. The van der Waals surface area contributed by atoms with Crippen molar-refractivity contribution in [3.05, 3.63) is 29.8 Å². The van der Waals surface area contributed by atoms with Gasteiger partial charge in [-0.1, -0.05) is 25.5 Å². The molecule has 2 N–H and O–H groups in total. The van der Waals surface area contributed by atoms with Gasteiger partial charge in [-0.05, 0) is 30.5 Å². The van der Waals surface area contributed by atoms with E-state index in [0.29, 0.717) is 5.75 Å². The molecule has 1 fully saturated rings. The SMILES string of the molecule is CC1(C(=O)Nc2cccc(CSCCC(=O)O)c2)CCC1. The zero-order chi connectivity index (χ0) is 15.3. The molecule has 1 amide bonds. The Bertz CT molecular complexity index is 526. The molecular weight excluding hydrogens is 286 g/mol. The number of carboxylic acid groups (broad SMARTS) is 1. The van der Waals surface area contributed by atoms with Crippen LogP contribution in [-0.2, 0) is 15.3 Å². The number of hydrogen-bond acceptors (Lipinski definition) is 3. The Labute approximate surface area is 129 Å². The molecule has 21 heavy (non-hydrogen) atoms. The first-order valence-corrected chi connectivity index (χ1v) is 8.35. The second-order valence-corrected chi connectivity index (χ2v) is 6.87. The molecule has 1 aromatic carbocycles. The third-order valence-corrected chi connectivity index (χ3v) is 4.95. The fourth-order valence-electron chi connectivity index (χ4n) is 2.30. The standard InChI is InChI=1S/C16H21NO3S/c1-16(7-3-8-16)15(20)17-13-5-2-4-12(10-13)11-21-9-6-14(18)19/h2,4-5,10H,3,6-9,11H2,1H3,(H,17,20)(H,18,19). The van der Waals surface area contributed by atoms with Gasteiger partial charge in [0.25, 0.3) is 0 Å². The Morgan fingerprint density at radius 2 is 2.14 bits per heavy atom. The number of carboxylic acids is 1. The summed E-state index contributed by atoms with van der Waals surface area (Å²) in [6, 6.07) is 7.78. The molecular formula is C16H21NO3S. The summed E-state index contributed by atoms with van der Waals surface area (Å²) in [5.41, 5.74) is 1.72. The van der Waals surface area contributed by atoms with Gasteiger partial charge >= 0.3 is 5.97 Å². The zero-order valence-corrected chi connectivity index (χ0v) is 13.0. The van der Waals surface area contributed by atoms with E-state index in [0.717, 1.165) is 36.3 Å². The van der Waals surface area contributed by atoms with Crippen LogP contribution >= 0.6 is 11.8 Å². The topological polar surface area (TPSA) is 66.4 Å². The maximum absolute atomic E-state index is 12.2. The number of hydrogen-bond donors (Lipinski definition) is 2. The van der Waals surface area contributed by atoms with Crippen LogP contribution < -0.4 is 5.32 Å². The van der Waals surface area contributed by atoms with E-state index in [9.17, 15) is 9.59 Å². The monoisotopic (exact) mass is 307 g/mol. The van der Waals surface area contributed by atoms with Gasteiger partial charge in [-0.15, -0.1) is 0 Å². The molecule has 0 atom stereocenters. The van der Waals surface area contributed by atoms with Crippen molar-refractivity contribution in [2.24, 2.45) is 5.41 Å². The van der Waals surface area contributed by atoms with Crippen molar-refractivity contribution in [2.45, 2.75) is 38.4 Å². The molecule has 1 saturated carbocycles. The number of benzene rings is 1. The highest BCUT2D eigenvalue weighted by Gasteiger charge is 2.39. The molecule has 1 aliphatic rings. The number of aliphatic carboxylic acids is 1. The second-order valence-electron chi connectivity index (χ2n) is 5.77. The fraction of sp³-hybridized carbons (Fsp3) is 0.500. The Morgan fingerprint density at radius 1 is 1.38 bits per heavy atom. The zero-order valence-electron chi connectivity index (χ0n) is 12.2. The minimum Gasteiger partial charge on any atom is -0.481 e. The molecule has 1 aliphatic carbocycles. The number of nitrogens with one attached hydrogen (secondary N) is 1. The normalized spacial score (nSPS) is 16.0. The first-order valence-electron chi connectivity index (χ1n) is 7.19. The summed E-state index contributed by atoms with van der Waals surface area (Å²) in [7, 11) is 0. The summed E-state index contributed by atoms with van der Waals surface area (Å²) in [5, 5.41) is 11.6. The van der Waals surface area contributed by atoms with Gasteiger partial charge in [-0.2, -0.15) is 11.8 Å². The van der Waals surface area contributed by atoms with Crippen LogP contribution in [0.25, 0.3) is 0 Å². The average molecular weight is 307 g/mol. The van der Waals surface area contributed by atoms with Gasteiger partial charge in [-0.3, -0.25) is 9.59 Å². The number of amides is 1. The molecule has 0 bridgehead atoms. The lowest BCUT2D eigenvalue weighted by Crippen LogP contribution is -2.39. The summed E-state index contributed by atoms with van der Waals surface area (Å²) in [6.07, 6.45) is 3.23. The van der Waals surface area contributed by atoms with Gasteiger partial charge in [0, 0.05) is 22.6 Å². The molecule has 114 valence electrons. The van der Waals surface area contributed by atoms with Crippen molar-refractivity contribution in [1.29, 1.82) is 0 Å². The van der Waals surface area contributed by atoms with Crippen molar-refractivity contribution in [1.82, 2.24) is 0 Å². The second kappa shape index (κ2) is 6.98. The van der Waals surface area contributed by atoms with Gasteiger partial charge in [0.2, 0.25) is 5.91 Å². The molecule has 0 unspecified atom stereocenters. The maximum Gasteiger partial charge on any atom is 0.304 e. The third kappa shape index (κ3) is 4.49. The van der Waals surface area contributed by atoms with E-state index < -0.39 is 5.97 Å². The summed E-state index contributed by atoms with van der Waals surface area (Å²) in [6.45, 7) is 2.01. The first-order chi connectivity index (χ1) is 9.99. The largest absolute Gasteiger partial charge is 0.481 e. The predicted octanol–water partition coefficient (Wildman–Crippen LogP) is 3.52. The van der Waals surface area contributed by atoms with Crippen LogP contribution in [0.1, 0.15) is 38.2 Å². The molecule has 0 aliphatic heterocycles. The van der Waals surface area contributed by atoms with Crippen LogP contribution in [0, 0.1) is 5.41 Å². The van der Waals surface area contributed by atoms with E-state index in [-0.39, 0.29) is 17.7 Å². The van der Waals surface area contributed by atoms with Gasteiger partial charge in [-0.25, -0.2) is 0 Å². The molecule has 0 aromatic heterocycles. The molecule has 4 nitrogen and oxygen atoms in total. The summed E-state index contributed by atoms with van der Waals surface area (Å²) in [4.78, 5) is 22.6. The van der Waals surface area contributed by atoms with Crippen molar-refractivity contribution in [3.8, 4) is 0 Å². The molecule has 5 heteroatoms. The molecule has 0 saturated heterocycles. The molecule has 2 rings (SSSR count). The lowest BCUT2D eigenvalue weighted by atomic mass is 9.70. The quantitative estimate of drug-likeness (QED) is 0.756. The van der Waals surface area contributed by atoms with E-state index in [2.05, 4.69) is 5.32 Å². The number of carbonyl (C=O) groups excluding carboxylic acids is 1. The van der Waals surface area contributed by atoms with Crippen molar-refractivity contribution < 1.29 is 14.7 Å².